The van der Waals surface area contributed by atoms with Gasteiger partial charge in [-0.2, -0.15) is 0 Å². The summed E-state index contributed by atoms with van der Waals surface area (Å²) in [5, 5.41) is 0. The Morgan fingerprint density at radius 1 is 1.00 bits per heavy atom. The zero-order valence-corrected chi connectivity index (χ0v) is 7.18. The third kappa shape index (κ3) is 3.38. The van der Waals surface area contributed by atoms with Crippen molar-refractivity contribution in [1.82, 2.24) is 0 Å². The van der Waals surface area contributed by atoms with Crippen molar-refractivity contribution in [3.05, 3.63) is 48.1 Å². The lowest BCUT2D eigenvalue weighted by molar-refractivity contribution is -0.104. The van der Waals surface area contributed by atoms with E-state index in [0.29, 0.717) is 0 Å². The average molecular weight is 173 g/mol. The van der Waals surface area contributed by atoms with Gasteiger partial charge < -0.3 is 5.73 Å². The first-order valence-electron chi connectivity index (χ1n) is 3.97. The number of allylic oxidation sites excluding steroid dienone is 3. The van der Waals surface area contributed by atoms with E-state index in [0.717, 1.165) is 17.5 Å². The number of anilines is 1. The summed E-state index contributed by atoms with van der Waals surface area (Å²) in [6.07, 6.45) is 7.57. The first kappa shape index (κ1) is 9.26. The van der Waals surface area contributed by atoms with E-state index >= 15 is 0 Å². The van der Waals surface area contributed by atoms with Crippen LogP contribution >= 0.6 is 0 Å². The van der Waals surface area contributed by atoms with Gasteiger partial charge in [-0.15, -0.1) is 0 Å². The van der Waals surface area contributed by atoms with Gasteiger partial charge in [-0.1, -0.05) is 30.4 Å². The summed E-state index contributed by atoms with van der Waals surface area (Å²) in [5.41, 5.74) is 7.33. The van der Waals surface area contributed by atoms with Crippen LogP contribution in [0.3, 0.4) is 0 Å². The summed E-state index contributed by atoms with van der Waals surface area (Å²) < 4.78 is 0. The molecule has 1 rings (SSSR count). The molecule has 0 unspecified atom stereocenters. The quantitative estimate of drug-likeness (QED) is 0.329. The maximum Gasteiger partial charge on any atom is 0.142 e. The fourth-order valence-electron chi connectivity index (χ4n) is 0.883. The number of carbonyl (C=O) groups is 1. The van der Waals surface area contributed by atoms with Gasteiger partial charge >= 0.3 is 0 Å². The lowest BCUT2D eigenvalue weighted by atomic mass is 10.2. The van der Waals surface area contributed by atoms with Crippen LogP contribution in [0, 0.1) is 0 Å². The van der Waals surface area contributed by atoms with Gasteiger partial charge in [-0.3, -0.25) is 4.79 Å². The Morgan fingerprint density at radius 2 is 1.69 bits per heavy atom. The number of hydrogen-bond acceptors (Lipinski definition) is 2. The van der Waals surface area contributed by atoms with Crippen molar-refractivity contribution in [1.29, 1.82) is 0 Å². The van der Waals surface area contributed by atoms with Crippen LogP contribution in [0.2, 0.25) is 0 Å². The minimum Gasteiger partial charge on any atom is -0.399 e. The molecule has 0 bridgehead atoms. The molecule has 0 radical (unpaired) electrons. The largest absolute Gasteiger partial charge is 0.399 e. The molecule has 66 valence electrons. The molecule has 0 saturated heterocycles. The molecular formula is C11H11NO. The van der Waals surface area contributed by atoms with Gasteiger partial charge in [-0.25, -0.2) is 0 Å². The third-order valence-corrected chi connectivity index (χ3v) is 1.53. The van der Waals surface area contributed by atoms with Crippen LogP contribution in [-0.4, -0.2) is 6.29 Å². The summed E-state index contributed by atoms with van der Waals surface area (Å²) >= 11 is 0. The van der Waals surface area contributed by atoms with Crippen molar-refractivity contribution in [2.24, 2.45) is 0 Å². The summed E-state index contributed by atoms with van der Waals surface area (Å²) in [6.45, 7) is 0. The molecule has 0 saturated carbocycles. The van der Waals surface area contributed by atoms with Crippen LogP contribution in [0.5, 0.6) is 0 Å². The second-order valence-corrected chi connectivity index (χ2v) is 2.55. The highest BCUT2D eigenvalue weighted by Gasteiger charge is 1.84. The lowest BCUT2D eigenvalue weighted by Gasteiger charge is -1.92. The summed E-state index contributed by atoms with van der Waals surface area (Å²) in [5.74, 6) is 0. The van der Waals surface area contributed by atoms with Crippen molar-refractivity contribution in [2.45, 2.75) is 0 Å². The van der Waals surface area contributed by atoms with E-state index in [9.17, 15) is 4.79 Å². The molecule has 0 aliphatic carbocycles. The van der Waals surface area contributed by atoms with E-state index in [4.69, 9.17) is 5.73 Å². The normalized spacial score (nSPS) is 11.1. The number of benzene rings is 1. The molecule has 2 heteroatoms. The van der Waals surface area contributed by atoms with E-state index in [1.54, 1.807) is 12.2 Å². The smallest absolute Gasteiger partial charge is 0.142 e. The highest BCUT2D eigenvalue weighted by Crippen LogP contribution is 2.06. The number of hydrogen-bond donors (Lipinski definition) is 1. The fourth-order valence-corrected chi connectivity index (χ4v) is 0.883. The van der Waals surface area contributed by atoms with Crippen LogP contribution in [0.1, 0.15) is 5.56 Å². The molecule has 0 aliphatic rings. The molecule has 2 nitrogen and oxygen atoms in total. The van der Waals surface area contributed by atoms with Crippen LogP contribution in [0.25, 0.3) is 6.08 Å². The van der Waals surface area contributed by atoms with Crippen molar-refractivity contribution in [2.75, 3.05) is 5.73 Å². The van der Waals surface area contributed by atoms with E-state index in [1.807, 2.05) is 30.3 Å². The Morgan fingerprint density at radius 3 is 2.31 bits per heavy atom. The van der Waals surface area contributed by atoms with Gasteiger partial charge in [0.1, 0.15) is 6.29 Å². The van der Waals surface area contributed by atoms with Crippen molar-refractivity contribution in [3.8, 4) is 0 Å². The molecule has 0 spiro atoms. The third-order valence-electron chi connectivity index (χ3n) is 1.53. The zero-order chi connectivity index (χ0) is 9.52. The first-order valence-corrected chi connectivity index (χ1v) is 3.97. The maximum absolute atomic E-state index is 9.92. The summed E-state index contributed by atoms with van der Waals surface area (Å²) in [7, 11) is 0. The standard InChI is InChI=1S/C11H11NO/c12-11-7-5-10(6-8-11)4-2-1-3-9-13/h1-9H,12H2/b3-1+,4-2+. The highest BCUT2D eigenvalue weighted by molar-refractivity contribution is 5.66. The van der Waals surface area contributed by atoms with Gasteiger partial charge in [0.15, 0.2) is 0 Å². The Hall–Kier alpha value is -1.83. The predicted octanol–water partition coefficient (Wildman–Crippen LogP) is 2.04. The van der Waals surface area contributed by atoms with Crippen LogP contribution in [0.4, 0.5) is 5.69 Å². The number of carbonyl (C=O) groups excluding carboxylic acids is 1. The number of rotatable bonds is 3. The van der Waals surface area contributed by atoms with Crippen molar-refractivity contribution < 1.29 is 4.79 Å². The van der Waals surface area contributed by atoms with Crippen molar-refractivity contribution >= 4 is 18.0 Å². The van der Waals surface area contributed by atoms with Crippen LogP contribution in [0.15, 0.2) is 42.5 Å². The Balaban J connectivity index is 2.64. The highest BCUT2D eigenvalue weighted by atomic mass is 16.1. The minimum atomic E-state index is 0.743. The average Bonchev–Trinajstić information content (AvgIpc) is 2.15. The second kappa shape index (κ2) is 4.93. The lowest BCUT2D eigenvalue weighted by Crippen LogP contribution is -1.82. The molecule has 0 amide bonds. The first-order chi connectivity index (χ1) is 6.33. The van der Waals surface area contributed by atoms with Gasteiger partial charge in [0.05, 0.1) is 0 Å². The monoisotopic (exact) mass is 173 g/mol. The van der Waals surface area contributed by atoms with Crippen LogP contribution in [-0.2, 0) is 4.79 Å². The topological polar surface area (TPSA) is 43.1 Å². The number of aldehydes is 1. The number of nitrogens with two attached hydrogens (primary N) is 1. The Labute approximate surface area is 77.4 Å². The van der Waals surface area contributed by atoms with E-state index in [2.05, 4.69) is 0 Å². The zero-order valence-electron chi connectivity index (χ0n) is 7.18. The molecule has 1 aromatic carbocycles. The van der Waals surface area contributed by atoms with E-state index in [1.165, 1.54) is 6.08 Å². The molecule has 13 heavy (non-hydrogen) atoms. The molecule has 0 aliphatic heterocycles. The van der Waals surface area contributed by atoms with Gasteiger partial charge in [-0.05, 0) is 23.8 Å². The molecule has 0 atom stereocenters. The maximum atomic E-state index is 9.92. The van der Waals surface area contributed by atoms with E-state index < -0.39 is 0 Å². The fraction of sp³-hybridized carbons (Fsp3) is 0. The van der Waals surface area contributed by atoms with Crippen molar-refractivity contribution in [3.63, 3.8) is 0 Å². The summed E-state index contributed by atoms with van der Waals surface area (Å²) in [6, 6.07) is 7.51. The van der Waals surface area contributed by atoms with Crippen LogP contribution < -0.4 is 5.73 Å². The minimum absolute atomic E-state index is 0.743. The Kier molecular flexibility index (Phi) is 3.51. The van der Waals surface area contributed by atoms with Gasteiger partial charge in [0, 0.05) is 5.69 Å². The molecule has 2 N–H and O–H groups in total. The predicted molar refractivity (Wildman–Crippen MR) is 55.1 cm³/mol. The van der Waals surface area contributed by atoms with E-state index in [-0.39, 0.29) is 0 Å². The SMILES string of the molecule is Nc1ccc(/C=C/C=C/C=O)cc1. The van der Waals surface area contributed by atoms with Gasteiger partial charge in [0.2, 0.25) is 0 Å². The summed E-state index contributed by atoms with van der Waals surface area (Å²) in [4.78, 5) is 9.92. The number of nitrogen functional groups attached to an aromatic ring is 1. The molecular weight excluding hydrogens is 162 g/mol. The Bertz CT molecular complexity index is 322. The molecule has 1 aromatic rings. The molecule has 0 heterocycles. The molecule has 0 fully saturated rings. The van der Waals surface area contributed by atoms with Gasteiger partial charge in [0.25, 0.3) is 0 Å². The second-order valence-electron chi connectivity index (χ2n) is 2.55. The molecule has 0 aromatic heterocycles.